The van der Waals surface area contributed by atoms with Gasteiger partial charge in [0.2, 0.25) is 0 Å². The van der Waals surface area contributed by atoms with Crippen LogP contribution in [0, 0.1) is 0 Å². The summed E-state index contributed by atoms with van der Waals surface area (Å²) < 4.78 is 16.1. The molecule has 0 aliphatic carbocycles. The number of hydrogen-bond donors (Lipinski definition) is 2. The molecule has 0 radical (unpaired) electrons. The Hall–Kier alpha value is -2.90. The van der Waals surface area contributed by atoms with Crippen LogP contribution in [0.3, 0.4) is 0 Å². The van der Waals surface area contributed by atoms with Gasteiger partial charge in [0.25, 0.3) is 11.8 Å². The molecule has 0 saturated carbocycles. The molecule has 1 fully saturated rings. The second-order valence-corrected chi connectivity index (χ2v) is 6.71. The second-order valence-electron chi connectivity index (χ2n) is 6.71. The lowest BCUT2D eigenvalue weighted by Gasteiger charge is -2.12. The zero-order valence-corrected chi connectivity index (χ0v) is 16.5. The van der Waals surface area contributed by atoms with Crippen LogP contribution in [0.4, 0.5) is 5.69 Å². The van der Waals surface area contributed by atoms with Gasteiger partial charge in [0.15, 0.2) is 0 Å². The summed E-state index contributed by atoms with van der Waals surface area (Å²) in [6.45, 7) is 2.06. The standard InChI is InChI=1S/C22H26N2O5/c1-27-13-14-29-20-7-3-2-6-19(20)22(26)24-17-10-8-16(9-11-17)21(25)23-15-18-5-4-12-28-18/h2-3,6-11,18H,4-5,12-15H2,1H3,(H,23,25)(H,24,26)/t18-/m1/s1. The summed E-state index contributed by atoms with van der Waals surface area (Å²) in [5.74, 6) is 0.0519. The molecule has 2 aromatic carbocycles. The van der Waals surface area contributed by atoms with Crippen molar-refractivity contribution in [3.8, 4) is 5.75 Å². The molecule has 29 heavy (non-hydrogen) atoms. The molecular weight excluding hydrogens is 372 g/mol. The largest absolute Gasteiger partial charge is 0.490 e. The number of benzene rings is 2. The summed E-state index contributed by atoms with van der Waals surface area (Å²) in [7, 11) is 1.59. The maximum absolute atomic E-state index is 12.6. The van der Waals surface area contributed by atoms with Crippen molar-refractivity contribution < 1.29 is 23.8 Å². The summed E-state index contributed by atoms with van der Waals surface area (Å²) >= 11 is 0. The van der Waals surface area contributed by atoms with E-state index >= 15 is 0 Å². The highest BCUT2D eigenvalue weighted by Gasteiger charge is 2.17. The zero-order valence-electron chi connectivity index (χ0n) is 16.5. The number of nitrogens with one attached hydrogen (secondary N) is 2. The number of anilines is 1. The summed E-state index contributed by atoms with van der Waals surface area (Å²) in [6.07, 6.45) is 2.11. The fourth-order valence-electron chi connectivity index (χ4n) is 3.03. The molecule has 1 heterocycles. The van der Waals surface area contributed by atoms with Gasteiger partial charge in [0.1, 0.15) is 12.4 Å². The average molecular weight is 398 g/mol. The molecule has 1 aliphatic rings. The monoisotopic (exact) mass is 398 g/mol. The minimum absolute atomic E-state index is 0.101. The summed E-state index contributed by atoms with van der Waals surface area (Å²) in [4.78, 5) is 24.9. The van der Waals surface area contributed by atoms with Gasteiger partial charge in [0, 0.05) is 31.5 Å². The number of amides is 2. The number of para-hydroxylation sites is 1. The molecular formula is C22H26N2O5. The third-order valence-electron chi connectivity index (χ3n) is 4.60. The van der Waals surface area contributed by atoms with Crippen LogP contribution < -0.4 is 15.4 Å². The highest BCUT2D eigenvalue weighted by atomic mass is 16.5. The Kier molecular flexibility index (Phi) is 7.61. The minimum atomic E-state index is -0.284. The lowest BCUT2D eigenvalue weighted by Crippen LogP contribution is -2.31. The van der Waals surface area contributed by atoms with E-state index in [0.717, 1.165) is 19.4 Å². The Balaban J connectivity index is 1.56. The average Bonchev–Trinajstić information content (AvgIpc) is 3.27. The first kappa shape index (κ1) is 20.8. The highest BCUT2D eigenvalue weighted by molar-refractivity contribution is 6.06. The fourth-order valence-corrected chi connectivity index (χ4v) is 3.03. The van der Waals surface area contributed by atoms with Crippen LogP contribution >= 0.6 is 0 Å². The third-order valence-corrected chi connectivity index (χ3v) is 4.60. The molecule has 7 nitrogen and oxygen atoms in total. The number of hydrogen-bond acceptors (Lipinski definition) is 5. The van der Waals surface area contributed by atoms with Crippen molar-refractivity contribution in [2.75, 3.05) is 38.8 Å². The van der Waals surface area contributed by atoms with Crippen molar-refractivity contribution in [3.63, 3.8) is 0 Å². The van der Waals surface area contributed by atoms with Crippen LogP contribution in [0.25, 0.3) is 0 Å². The van der Waals surface area contributed by atoms with Gasteiger partial charge in [-0.2, -0.15) is 0 Å². The van der Waals surface area contributed by atoms with E-state index < -0.39 is 0 Å². The van der Waals surface area contributed by atoms with E-state index in [2.05, 4.69) is 10.6 Å². The first-order chi connectivity index (χ1) is 14.2. The van der Waals surface area contributed by atoms with E-state index in [1.165, 1.54) is 0 Å². The van der Waals surface area contributed by atoms with Crippen molar-refractivity contribution in [2.24, 2.45) is 0 Å². The van der Waals surface area contributed by atoms with E-state index in [9.17, 15) is 9.59 Å². The van der Waals surface area contributed by atoms with Crippen LogP contribution in [0.5, 0.6) is 5.75 Å². The first-order valence-electron chi connectivity index (χ1n) is 9.69. The van der Waals surface area contributed by atoms with Crippen LogP contribution in [0.1, 0.15) is 33.6 Å². The quantitative estimate of drug-likeness (QED) is 0.635. The Morgan fingerprint density at radius 3 is 2.59 bits per heavy atom. The maximum atomic E-state index is 12.6. The smallest absolute Gasteiger partial charge is 0.259 e. The summed E-state index contributed by atoms with van der Waals surface area (Å²) in [6, 6.07) is 13.8. The summed E-state index contributed by atoms with van der Waals surface area (Å²) in [5.41, 5.74) is 1.56. The minimum Gasteiger partial charge on any atom is -0.490 e. The second kappa shape index (κ2) is 10.6. The molecule has 1 atom stereocenters. The van der Waals surface area contributed by atoms with Crippen LogP contribution in [0.15, 0.2) is 48.5 Å². The Bertz CT molecular complexity index is 816. The lowest BCUT2D eigenvalue weighted by atomic mass is 10.1. The highest BCUT2D eigenvalue weighted by Crippen LogP contribution is 2.20. The van der Waals surface area contributed by atoms with Gasteiger partial charge in [-0.1, -0.05) is 12.1 Å². The van der Waals surface area contributed by atoms with E-state index in [1.54, 1.807) is 49.6 Å². The SMILES string of the molecule is COCCOc1ccccc1C(=O)Nc1ccc(C(=O)NC[C@H]2CCCO2)cc1. The Morgan fingerprint density at radius 1 is 1.07 bits per heavy atom. The molecule has 2 aromatic rings. The van der Waals surface area contributed by atoms with Gasteiger partial charge >= 0.3 is 0 Å². The van der Waals surface area contributed by atoms with Crippen LogP contribution in [-0.2, 0) is 9.47 Å². The Labute approximate surface area is 170 Å². The molecule has 2 N–H and O–H groups in total. The number of ether oxygens (including phenoxy) is 3. The molecule has 0 unspecified atom stereocenters. The van der Waals surface area contributed by atoms with E-state index in [1.807, 2.05) is 6.07 Å². The molecule has 3 rings (SSSR count). The fraction of sp³-hybridized carbons (Fsp3) is 0.364. The van der Waals surface area contributed by atoms with Crippen molar-refractivity contribution in [2.45, 2.75) is 18.9 Å². The maximum Gasteiger partial charge on any atom is 0.259 e. The van der Waals surface area contributed by atoms with Gasteiger partial charge in [-0.05, 0) is 49.2 Å². The molecule has 7 heteroatoms. The van der Waals surface area contributed by atoms with Crippen LogP contribution in [-0.4, -0.2) is 51.4 Å². The van der Waals surface area contributed by atoms with Crippen molar-refractivity contribution >= 4 is 17.5 Å². The van der Waals surface area contributed by atoms with E-state index in [-0.39, 0.29) is 17.9 Å². The van der Waals surface area contributed by atoms with Gasteiger partial charge < -0.3 is 24.8 Å². The topological polar surface area (TPSA) is 85.9 Å². The molecule has 1 aliphatic heterocycles. The van der Waals surface area contributed by atoms with E-state index in [4.69, 9.17) is 14.2 Å². The van der Waals surface area contributed by atoms with Crippen molar-refractivity contribution in [3.05, 3.63) is 59.7 Å². The van der Waals surface area contributed by atoms with E-state index in [0.29, 0.717) is 42.3 Å². The molecule has 154 valence electrons. The third kappa shape index (κ3) is 6.04. The van der Waals surface area contributed by atoms with Gasteiger partial charge in [-0.25, -0.2) is 0 Å². The summed E-state index contributed by atoms with van der Waals surface area (Å²) in [5, 5.41) is 5.71. The molecule has 0 spiro atoms. The zero-order chi connectivity index (χ0) is 20.5. The van der Waals surface area contributed by atoms with Crippen molar-refractivity contribution in [1.29, 1.82) is 0 Å². The first-order valence-corrected chi connectivity index (χ1v) is 9.69. The Morgan fingerprint density at radius 2 is 1.86 bits per heavy atom. The lowest BCUT2D eigenvalue weighted by molar-refractivity contribution is 0.0857. The molecule has 0 aromatic heterocycles. The van der Waals surface area contributed by atoms with Crippen molar-refractivity contribution in [1.82, 2.24) is 5.32 Å². The molecule has 0 bridgehead atoms. The predicted molar refractivity (Wildman–Crippen MR) is 110 cm³/mol. The van der Waals surface area contributed by atoms with Crippen LogP contribution in [0.2, 0.25) is 0 Å². The molecule has 2 amide bonds. The normalized spacial score (nSPS) is 15.7. The van der Waals surface area contributed by atoms with Gasteiger partial charge in [0.05, 0.1) is 18.3 Å². The predicted octanol–water partition coefficient (Wildman–Crippen LogP) is 2.87. The number of rotatable bonds is 9. The molecule has 1 saturated heterocycles. The number of methoxy groups -OCH3 is 1. The van der Waals surface area contributed by atoms with Gasteiger partial charge in [-0.3, -0.25) is 9.59 Å². The number of carbonyl (C=O) groups is 2. The van der Waals surface area contributed by atoms with Gasteiger partial charge in [-0.15, -0.1) is 0 Å². The number of carbonyl (C=O) groups excluding carboxylic acids is 2.